The summed E-state index contributed by atoms with van der Waals surface area (Å²) in [4.78, 5) is 23.4. The molecule has 0 heterocycles. The second-order valence-electron chi connectivity index (χ2n) is 5.24. The van der Waals surface area contributed by atoms with Crippen molar-refractivity contribution in [1.82, 2.24) is 10.6 Å². The second kappa shape index (κ2) is 10.6. The topological polar surface area (TPSA) is 85.9 Å². The summed E-state index contributed by atoms with van der Waals surface area (Å²) in [7, 11) is 1.53. The van der Waals surface area contributed by atoms with Gasteiger partial charge in [0.05, 0.1) is 7.11 Å². The van der Waals surface area contributed by atoms with Crippen LogP contribution in [0.3, 0.4) is 0 Å². The Hall–Kier alpha value is -3.22. The van der Waals surface area contributed by atoms with Crippen LogP contribution in [0.2, 0.25) is 0 Å². The minimum absolute atomic E-state index is 0.0745. The van der Waals surface area contributed by atoms with E-state index in [1.54, 1.807) is 30.3 Å². The average molecular weight is 358 g/mol. The molecule has 0 radical (unpaired) electrons. The molecule has 0 aliphatic heterocycles. The molecule has 138 valence electrons. The molecule has 26 heavy (non-hydrogen) atoms. The van der Waals surface area contributed by atoms with Gasteiger partial charge in [-0.05, 0) is 24.3 Å². The van der Waals surface area contributed by atoms with E-state index in [4.69, 9.17) is 14.2 Å². The molecule has 0 saturated carbocycles. The molecule has 2 N–H and O–H groups in total. The summed E-state index contributed by atoms with van der Waals surface area (Å²) in [6.45, 7) is 0.392. The van der Waals surface area contributed by atoms with E-state index in [9.17, 15) is 9.59 Å². The monoisotopic (exact) mass is 358 g/mol. The van der Waals surface area contributed by atoms with Crippen LogP contribution in [0.15, 0.2) is 54.6 Å². The van der Waals surface area contributed by atoms with E-state index in [2.05, 4.69) is 10.6 Å². The molecule has 2 amide bonds. The fraction of sp³-hybridized carbons (Fsp3) is 0.263. The first-order chi connectivity index (χ1) is 12.7. The third kappa shape index (κ3) is 6.72. The quantitative estimate of drug-likeness (QED) is 0.627. The summed E-state index contributed by atoms with van der Waals surface area (Å²) in [5.74, 6) is 1.14. The van der Waals surface area contributed by atoms with Crippen LogP contribution < -0.4 is 24.8 Å². The summed E-state index contributed by atoms with van der Waals surface area (Å²) in [5, 5.41) is 5.32. The van der Waals surface area contributed by atoms with Gasteiger partial charge < -0.3 is 24.8 Å². The predicted molar refractivity (Wildman–Crippen MR) is 96.4 cm³/mol. The molecule has 2 aromatic carbocycles. The SMILES string of the molecule is COc1ccccc1OCC(=O)NCCNC(=O)COc1ccccc1. The van der Waals surface area contributed by atoms with Crippen LogP contribution in [0.5, 0.6) is 17.2 Å². The Balaban J connectivity index is 1.57. The van der Waals surface area contributed by atoms with Gasteiger partial charge in [-0.15, -0.1) is 0 Å². The highest BCUT2D eigenvalue weighted by atomic mass is 16.5. The van der Waals surface area contributed by atoms with Crippen molar-refractivity contribution in [1.29, 1.82) is 0 Å². The Kier molecular flexibility index (Phi) is 7.79. The van der Waals surface area contributed by atoms with Crippen molar-refractivity contribution in [3.05, 3.63) is 54.6 Å². The fourth-order valence-electron chi connectivity index (χ4n) is 2.05. The van der Waals surface area contributed by atoms with Gasteiger partial charge in [0.2, 0.25) is 0 Å². The molecule has 0 spiro atoms. The average Bonchev–Trinajstić information content (AvgIpc) is 2.69. The Labute approximate surface area is 152 Å². The van der Waals surface area contributed by atoms with Crippen LogP contribution in [0.4, 0.5) is 0 Å². The molecule has 2 rings (SSSR count). The Morgan fingerprint density at radius 3 is 1.92 bits per heavy atom. The molecule has 0 aliphatic carbocycles. The highest BCUT2D eigenvalue weighted by Crippen LogP contribution is 2.25. The number of carbonyl (C=O) groups is 2. The van der Waals surface area contributed by atoms with E-state index in [-0.39, 0.29) is 25.0 Å². The number of hydrogen-bond acceptors (Lipinski definition) is 5. The van der Waals surface area contributed by atoms with Gasteiger partial charge in [-0.2, -0.15) is 0 Å². The van der Waals surface area contributed by atoms with Gasteiger partial charge in [0.25, 0.3) is 11.8 Å². The maximum Gasteiger partial charge on any atom is 0.258 e. The number of carbonyl (C=O) groups excluding carboxylic acids is 2. The second-order valence-corrected chi connectivity index (χ2v) is 5.24. The summed E-state index contributed by atoms with van der Waals surface area (Å²) in [6, 6.07) is 16.2. The first-order valence-corrected chi connectivity index (χ1v) is 8.16. The zero-order valence-electron chi connectivity index (χ0n) is 14.6. The van der Waals surface area contributed by atoms with E-state index in [0.717, 1.165) is 0 Å². The van der Waals surface area contributed by atoms with Crippen LogP contribution in [-0.4, -0.2) is 45.2 Å². The lowest BCUT2D eigenvalue weighted by molar-refractivity contribution is -0.124. The highest BCUT2D eigenvalue weighted by molar-refractivity contribution is 5.78. The van der Waals surface area contributed by atoms with Crippen molar-refractivity contribution >= 4 is 11.8 Å². The Bertz CT molecular complexity index is 706. The van der Waals surface area contributed by atoms with Crippen molar-refractivity contribution in [2.24, 2.45) is 0 Å². The van der Waals surface area contributed by atoms with E-state index in [1.807, 2.05) is 24.3 Å². The summed E-state index contributed by atoms with van der Waals surface area (Å²) in [6.07, 6.45) is 0. The van der Waals surface area contributed by atoms with Crippen LogP contribution >= 0.6 is 0 Å². The number of benzene rings is 2. The number of para-hydroxylation sites is 3. The van der Waals surface area contributed by atoms with Crippen LogP contribution in [-0.2, 0) is 9.59 Å². The van der Waals surface area contributed by atoms with Gasteiger partial charge in [0.15, 0.2) is 24.7 Å². The number of ether oxygens (including phenoxy) is 3. The highest BCUT2D eigenvalue weighted by Gasteiger charge is 2.07. The standard InChI is InChI=1S/C19H22N2O5/c1-24-16-9-5-6-10-17(16)26-14-19(23)21-12-11-20-18(22)13-25-15-7-3-2-4-8-15/h2-10H,11-14H2,1H3,(H,20,22)(H,21,23). The van der Waals surface area contributed by atoms with Gasteiger partial charge in [-0.3, -0.25) is 9.59 Å². The molecule has 0 saturated heterocycles. The van der Waals surface area contributed by atoms with Gasteiger partial charge >= 0.3 is 0 Å². The van der Waals surface area contributed by atoms with E-state index in [1.165, 1.54) is 7.11 Å². The van der Waals surface area contributed by atoms with Gasteiger partial charge in [-0.1, -0.05) is 30.3 Å². The molecule has 0 unspecified atom stereocenters. The van der Waals surface area contributed by atoms with Crippen molar-refractivity contribution in [3.8, 4) is 17.2 Å². The minimum atomic E-state index is -0.286. The third-order valence-electron chi connectivity index (χ3n) is 3.31. The molecule has 0 aromatic heterocycles. The molecular formula is C19H22N2O5. The van der Waals surface area contributed by atoms with Crippen molar-refractivity contribution in [2.75, 3.05) is 33.4 Å². The maximum atomic E-state index is 11.8. The van der Waals surface area contributed by atoms with E-state index < -0.39 is 0 Å². The minimum Gasteiger partial charge on any atom is -0.493 e. The number of methoxy groups -OCH3 is 1. The molecule has 0 aliphatic rings. The van der Waals surface area contributed by atoms with E-state index >= 15 is 0 Å². The molecule has 0 bridgehead atoms. The van der Waals surface area contributed by atoms with Gasteiger partial charge in [0.1, 0.15) is 5.75 Å². The summed E-state index contributed by atoms with van der Waals surface area (Å²) < 4.78 is 15.9. The molecule has 7 heteroatoms. The number of amides is 2. The third-order valence-corrected chi connectivity index (χ3v) is 3.31. The largest absolute Gasteiger partial charge is 0.493 e. The molecule has 0 atom stereocenters. The van der Waals surface area contributed by atoms with Crippen molar-refractivity contribution < 1.29 is 23.8 Å². The number of rotatable bonds is 10. The van der Waals surface area contributed by atoms with Crippen molar-refractivity contribution in [2.45, 2.75) is 0 Å². The predicted octanol–water partition coefficient (Wildman–Crippen LogP) is 1.39. The fourth-order valence-corrected chi connectivity index (χ4v) is 2.05. The smallest absolute Gasteiger partial charge is 0.258 e. The Morgan fingerprint density at radius 1 is 0.769 bits per heavy atom. The maximum absolute atomic E-state index is 11.8. The summed E-state index contributed by atoms with van der Waals surface area (Å²) >= 11 is 0. The van der Waals surface area contributed by atoms with Crippen LogP contribution in [0.1, 0.15) is 0 Å². The molecule has 0 fully saturated rings. The van der Waals surface area contributed by atoms with Gasteiger partial charge in [0, 0.05) is 13.1 Å². The molecular weight excluding hydrogens is 336 g/mol. The lowest BCUT2D eigenvalue weighted by atomic mass is 10.3. The summed E-state index contributed by atoms with van der Waals surface area (Å²) in [5.41, 5.74) is 0. The van der Waals surface area contributed by atoms with Crippen LogP contribution in [0.25, 0.3) is 0 Å². The zero-order chi connectivity index (χ0) is 18.6. The Morgan fingerprint density at radius 2 is 1.31 bits per heavy atom. The van der Waals surface area contributed by atoms with E-state index in [0.29, 0.717) is 30.3 Å². The first kappa shape index (κ1) is 19.1. The zero-order valence-corrected chi connectivity index (χ0v) is 14.6. The number of hydrogen-bond donors (Lipinski definition) is 2. The lowest BCUT2D eigenvalue weighted by Gasteiger charge is -2.11. The van der Waals surface area contributed by atoms with Crippen molar-refractivity contribution in [3.63, 3.8) is 0 Å². The molecule has 2 aromatic rings. The normalized spacial score (nSPS) is 9.88. The first-order valence-electron chi connectivity index (χ1n) is 8.16. The molecule has 7 nitrogen and oxygen atoms in total. The van der Waals surface area contributed by atoms with Gasteiger partial charge in [-0.25, -0.2) is 0 Å². The number of nitrogens with one attached hydrogen (secondary N) is 2. The lowest BCUT2D eigenvalue weighted by Crippen LogP contribution is -2.38. The van der Waals surface area contributed by atoms with Crippen LogP contribution in [0, 0.1) is 0 Å².